The van der Waals surface area contributed by atoms with Gasteiger partial charge in [-0.05, 0) is 40.0 Å². The first-order valence-electron chi connectivity index (χ1n) is 6.63. The molecule has 1 aliphatic rings. The molecule has 100 valence electrons. The van der Waals surface area contributed by atoms with Crippen molar-refractivity contribution in [1.82, 2.24) is 10.3 Å². The molecule has 3 unspecified atom stereocenters. The molecule has 2 heterocycles. The lowest BCUT2D eigenvalue weighted by Crippen LogP contribution is -2.45. The Morgan fingerprint density at radius 3 is 2.50 bits per heavy atom. The summed E-state index contributed by atoms with van der Waals surface area (Å²) in [5.41, 5.74) is 2.26. The van der Waals surface area contributed by atoms with Gasteiger partial charge in [-0.1, -0.05) is 0 Å². The molecule has 0 amide bonds. The minimum Gasteiger partial charge on any atom is -0.372 e. The van der Waals surface area contributed by atoms with E-state index in [1.165, 1.54) is 5.69 Å². The maximum atomic E-state index is 5.75. The van der Waals surface area contributed by atoms with Crippen LogP contribution >= 0.6 is 0 Å². The van der Waals surface area contributed by atoms with Crippen molar-refractivity contribution in [2.24, 2.45) is 0 Å². The topological polar surface area (TPSA) is 37.4 Å². The molecule has 1 saturated heterocycles. The van der Waals surface area contributed by atoms with Gasteiger partial charge < -0.3 is 15.0 Å². The van der Waals surface area contributed by atoms with Crippen LogP contribution in [0.3, 0.4) is 0 Å². The van der Waals surface area contributed by atoms with E-state index >= 15 is 0 Å². The van der Waals surface area contributed by atoms with E-state index < -0.39 is 0 Å². The van der Waals surface area contributed by atoms with Crippen molar-refractivity contribution in [1.29, 1.82) is 0 Å². The number of pyridine rings is 1. The van der Waals surface area contributed by atoms with E-state index in [-0.39, 0.29) is 12.2 Å². The van der Waals surface area contributed by atoms with E-state index in [1.54, 1.807) is 0 Å². The van der Waals surface area contributed by atoms with E-state index in [4.69, 9.17) is 4.74 Å². The molecule has 0 saturated carbocycles. The molecule has 1 N–H and O–H groups in total. The van der Waals surface area contributed by atoms with Gasteiger partial charge in [0.15, 0.2) is 0 Å². The fourth-order valence-corrected chi connectivity index (χ4v) is 2.38. The van der Waals surface area contributed by atoms with Crippen LogP contribution in [0.4, 0.5) is 5.69 Å². The van der Waals surface area contributed by atoms with E-state index in [0.29, 0.717) is 6.04 Å². The first-order chi connectivity index (χ1) is 8.60. The highest BCUT2D eigenvalue weighted by Gasteiger charge is 2.22. The molecule has 0 spiro atoms. The van der Waals surface area contributed by atoms with Crippen molar-refractivity contribution >= 4 is 5.69 Å². The first-order valence-corrected chi connectivity index (χ1v) is 6.63. The number of rotatable bonds is 3. The highest BCUT2D eigenvalue weighted by atomic mass is 16.5. The Kier molecular flexibility index (Phi) is 4.19. The second-order valence-electron chi connectivity index (χ2n) is 5.11. The molecule has 2 rings (SSSR count). The quantitative estimate of drug-likeness (QED) is 0.889. The SMILES string of the molecule is CNC(C)c1ccc(N2CC(C)OC(C)C2)cn1. The lowest BCUT2D eigenvalue weighted by Gasteiger charge is -2.36. The van der Waals surface area contributed by atoms with Crippen molar-refractivity contribution in [2.75, 3.05) is 25.0 Å². The normalized spacial score (nSPS) is 26.1. The maximum Gasteiger partial charge on any atom is 0.0726 e. The molecule has 1 aliphatic heterocycles. The molecular formula is C14H23N3O. The van der Waals surface area contributed by atoms with Crippen LogP contribution < -0.4 is 10.2 Å². The Labute approximate surface area is 109 Å². The van der Waals surface area contributed by atoms with Crippen molar-refractivity contribution in [3.63, 3.8) is 0 Å². The molecule has 1 aromatic rings. The lowest BCUT2D eigenvalue weighted by atomic mass is 10.2. The monoisotopic (exact) mass is 249 g/mol. The zero-order valence-electron chi connectivity index (χ0n) is 11.7. The average Bonchev–Trinajstić information content (AvgIpc) is 2.37. The molecule has 18 heavy (non-hydrogen) atoms. The summed E-state index contributed by atoms with van der Waals surface area (Å²) in [7, 11) is 1.95. The number of nitrogens with zero attached hydrogens (tertiary/aromatic N) is 2. The summed E-state index contributed by atoms with van der Waals surface area (Å²) in [5.74, 6) is 0. The number of ether oxygens (including phenoxy) is 1. The average molecular weight is 249 g/mol. The Balaban J connectivity index is 2.09. The number of anilines is 1. The van der Waals surface area contributed by atoms with Crippen LogP contribution in [0, 0.1) is 0 Å². The highest BCUT2D eigenvalue weighted by Crippen LogP contribution is 2.20. The predicted octanol–water partition coefficient (Wildman–Crippen LogP) is 1.98. The van der Waals surface area contributed by atoms with Gasteiger partial charge in [0.2, 0.25) is 0 Å². The fourth-order valence-electron chi connectivity index (χ4n) is 2.38. The number of morpholine rings is 1. The molecule has 0 aliphatic carbocycles. The van der Waals surface area contributed by atoms with Crippen molar-refractivity contribution in [3.8, 4) is 0 Å². The van der Waals surface area contributed by atoms with E-state index in [9.17, 15) is 0 Å². The highest BCUT2D eigenvalue weighted by molar-refractivity contribution is 5.45. The Hall–Kier alpha value is -1.13. The van der Waals surface area contributed by atoms with Crippen LogP contribution in [-0.2, 0) is 4.74 Å². The minimum absolute atomic E-state index is 0.282. The van der Waals surface area contributed by atoms with Crippen molar-refractivity contribution < 1.29 is 4.74 Å². The molecule has 4 nitrogen and oxygen atoms in total. The zero-order valence-corrected chi connectivity index (χ0v) is 11.7. The Morgan fingerprint density at radius 1 is 1.33 bits per heavy atom. The summed E-state index contributed by atoms with van der Waals surface area (Å²) in [4.78, 5) is 6.88. The summed E-state index contributed by atoms with van der Waals surface area (Å²) in [6.45, 7) is 8.22. The number of hydrogen-bond donors (Lipinski definition) is 1. The van der Waals surface area contributed by atoms with E-state index in [0.717, 1.165) is 18.8 Å². The summed E-state index contributed by atoms with van der Waals surface area (Å²) in [6, 6.07) is 4.55. The molecule has 3 atom stereocenters. The maximum absolute atomic E-state index is 5.75. The smallest absolute Gasteiger partial charge is 0.0726 e. The van der Waals surface area contributed by atoms with Gasteiger partial charge in [-0.25, -0.2) is 0 Å². The van der Waals surface area contributed by atoms with Crippen LogP contribution in [-0.4, -0.2) is 37.3 Å². The third-order valence-electron chi connectivity index (χ3n) is 3.43. The van der Waals surface area contributed by atoms with Crippen LogP contribution in [0.25, 0.3) is 0 Å². The van der Waals surface area contributed by atoms with Crippen LogP contribution in [0.15, 0.2) is 18.3 Å². The largest absolute Gasteiger partial charge is 0.372 e. The van der Waals surface area contributed by atoms with Crippen molar-refractivity contribution in [3.05, 3.63) is 24.0 Å². The molecule has 0 aromatic carbocycles. The molecule has 0 bridgehead atoms. The minimum atomic E-state index is 0.282. The standard InChI is InChI=1S/C14H23N3O/c1-10-8-17(9-11(2)18-10)13-5-6-14(16-7-13)12(3)15-4/h5-7,10-12,15H,8-9H2,1-4H3. The summed E-state index contributed by atoms with van der Waals surface area (Å²) < 4.78 is 5.75. The number of nitrogens with one attached hydrogen (secondary N) is 1. The Bertz CT molecular complexity index is 369. The molecule has 1 fully saturated rings. The van der Waals surface area contributed by atoms with E-state index in [2.05, 4.69) is 48.1 Å². The molecular weight excluding hydrogens is 226 g/mol. The van der Waals surface area contributed by atoms with Crippen LogP contribution in [0.5, 0.6) is 0 Å². The number of aromatic nitrogens is 1. The number of hydrogen-bond acceptors (Lipinski definition) is 4. The third-order valence-corrected chi connectivity index (χ3v) is 3.43. The summed E-state index contributed by atoms with van der Waals surface area (Å²) in [5, 5.41) is 3.20. The van der Waals surface area contributed by atoms with Gasteiger partial charge in [-0.15, -0.1) is 0 Å². The summed E-state index contributed by atoms with van der Waals surface area (Å²) in [6.07, 6.45) is 2.53. The third kappa shape index (κ3) is 3.00. The molecule has 1 aromatic heterocycles. The molecule has 4 heteroatoms. The Morgan fingerprint density at radius 2 is 2.00 bits per heavy atom. The zero-order chi connectivity index (χ0) is 13.1. The van der Waals surface area contributed by atoms with Gasteiger partial charge in [-0.2, -0.15) is 0 Å². The summed E-state index contributed by atoms with van der Waals surface area (Å²) >= 11 is 0. The van der Waals surface area contributed by atoms with Gasteiger partial charge in [-0.3, -0.25) is 4.98 Å². The van der Waals surface area contributed by atoms with Gasteiger partial charge in [0, 0.05) is 19.1 Å². The predicted molar refractivity (Wildman–Crippen MR) is 73.9 cm³/mol. The molecule has 0 radical (unpaired) electrons. The van der Waals surface area contributed by atoms with Gasteiger partial charge in [0.05, 0.1) is 29.8 Å². The second-order valence-corrected chi connectivity index (χ2v) is 5.11. The van der Waals surface area contributed by atoms with Gasteiger partial charge in [0.25, 0.3) is 0 Å². The van der Waals surface area contributed by atoms with E-state index in [1.807, 2.05) is 13.2 Å². The van der Waals surface area contributed by atoms with Crippen LogP contribution in [0.1, 0.15) is 32.5 Å². The first kappa shape index (κ1) is 13.3. The van der Waals surface area contributed by atoms with Crippen molar-refractivity contribution in [2.45, 2.75) is 39.0 Å². The lowest BCUT2D eigenvalue weighted by molar-refractivity contribution is -0.00523. The van der Waals surface area contributed by atoms with Gasteiger partial charge in [0.1, 0.15) is 0 Å². The fraction of sp³-hybridized carbons (Fsp3) is 0.643. The van der Waals surface area contributed by atoms with Crippen LogP contribution in [0.2, 0.25) is 0 Å². The van der Waals surface area contributed by atoms with Gasteiger partial charge >= 0.3 is 0 Å². The second kappa shape index (κ2) is 5.67.